The third kappa shape index (κ3) is 5.66. The molecule has 1 fully saturated rings. The van der Waals surface area contributed by atoms with Gasteiger partial charge in [0.25, 0.3) is 0 Å². The highest BCUT2D eigenvalue weighted by Gasteiger charge is 2.22. The summed E-state index contributed by atoms with van der Waals surface area (Å²) in [6.07, 6.45) is 8.59. The van der Waals surface area contributed by atoms with Crippen LogP contribution in [0.3, 0.4) is 0 Å². The Balaban J connectivity index is 1.79. The second-order valence-corrected chi connectivity index (χ2v) is 6.71. The van der Waals surface area contributed by atoms with Gasteiger partial charge in [0.2, 0.25) is 5.88 Å². The third-order valence-electron chi connectivity index (χ3n) is 4.28. The fraction of sp³-hybridized carbons (Fsp3) is 0.722. The van der Waals surface area contributed by atoms with Crippen LogP contribution in [0.15, 0.2) is 18.3 Å². The Morgan fingerprint density at radius 1 is 1.33 bits per heavy atom. The molecule has 0 bridgehead atoms. The molecule has 1 aromatic rings. The van der Waals surface area contributed by atoms with Gasteiger partial charge in [0, 0.05) is 18.8 Å². The van der Waals surface area contributed by atoms with Crippen molar-refractivity contribution in [3.05, 3.63) is 23.9 Å². The van der Waals surface area contributed by atoms with Gasteiger partial charge in [0.1, 0.15) is 6.10 Å². The van der Waals surface area contributed by atoms with Crippen LogP contribution in [0, 0.1) is 11.8 Å². The molecule has 118 valence electrons. The summed E-state index contributed by atoms with van der Waals surface area (Å²) in [6, 6.07) is 4.14. The van der Waals surface area contributed by atoms with Crippen molar-refractivity contribution in [3.8, 4) is 5.88 Å². The molecule has 0 spiro atoms. The van der Waals surface area contributed by atoms with E-state index in [9.17, 15) is 0 Å². The van der Waals surface area contributed by atoms with Crippen LogP contribution < -0.4 is 10.1 Å². The predicted molar refractivity (Wildman–Crippen MR) is 87.4 cm³/mol. The van der Waals surface area contributed by atoms with E-state index in [0.29, 0.717) is 12.0 Å². The van der Waals surface area contributed by atoms with Crippen molar-refractivity contribution >= 4 is 0 Å². The first-order chi connectivity index (χ1) is 10.2. The molecule has 1 aliphatic rings. The maximum atomic E-state index is 6.05. The largest absolute Gasteiger partial charge is 0.474 e. The number of ether oxygens (including phenoxy) is 1. The van der Waals surface area contributed by atoms with Crippen LogP contribution in [0.4, 0.5) is 0 Å². The van der Waals surface area contributed by atoms with Crippen LogP contribution in [0.5, 0.6) is 5.88 Å². The smallest absolute Gasteiger partial charge is 0.213 e. The van der Waals surface area contributed by atoms with Crippen molar-refractivity contribution < 1.29 is 4.74 Å². The van der Waals surface area contributed by atoms with E-state index < -0.39 is 0 Å². The highest BCUT2D eigenvalue weighted by Crippen LogP contribution is 2.29. The lowest BCUT2D eigenvalue weighted by Gasteiger charge is -2.28. The lowest BCUT2D eigenvalue weighted by Crippen LogP contribution is -2.25. The lowest BCUT2D eigenvalue weighted by atomic mass is 9.85. The fourth-order valence-electron chi connectivity index (χ4n) is 2.98. The molecule has 0 amide bonds. The van der Waals surface area contributed by atoms with E-state index >= 15 is 0 Å². The van der Waals surface area contributed by atoms with Crippen LogP contribution in [0.25, 0.3) is 0 Å². The van der Waals surface area contributed by atoms with Gasteiger partial charge in [-0.15, -0.1) is 0 Å². The maximum absolute atomic E-state index is 6.05. The van der Waals surface area contributed by atoms with Crippen LogP contribution in [0.1, 0.15) is 58.4 Å². The van der Waals surface area contributed by atoms with Crippen molar-refractivity contribution in [1.82, 2.24) is 10.3 Å². The molecule has 21 heavy (non-hydrogen) atoms. The van der Waals surface area contributed by atoms with Crippen molar-refractivity contribution in [2.75, 3.05) is 6.54 Å². The molecule has 2 unspecified atom stereocenters. The fourth-order valence-corrected chi connectivity index (χ4v) is 2.98. The molecule has 2 atom stereocenters. The molecular formula is C18H30N2O. The molecule has 1 N–H and O–H groups in total. The van der Waals surface area contributed by atoms with Gasteiger partial charge in [0.15, 0.2) is 0 Å². The zero-order chi connectivity index (χ0) is 15.1. The van der Waals surface area contributed by atoms with Gasteiger partial charge in [-0.1, -0.05) is 39.7 Å². The van der Waals surface area contributed by atoms with E-state index in [0.717, 1.165) is 24.9 Å². The summed E-state index contributed by atoms with van der Waals surface area (Å²) in [5.41, 5.74) is 1.22. The van der Waals surface area contributed by atoms with Crippen molar-refractivity contribution in [2.45, 2.75) is 65.5 Å². The van der Waals surface area contributed by atoms with Gasteiger partial charge in [-0.25, -0.2) is 4.98 Å². The minimum Gasteiger partial charge on any atom is -0.474 e. The van der Waals surface area contributed by atoms with Crippen molar-refractivity contribution in [3.63, 3.8) is 0 Å². The second-order valence-electron chi connectivity index (χ2n) is 6.71. The number of pyridine rings is 1. The first-order valence-electron chi connectivity index (χ1n) is 8.49. The summed E-state index contributed by atoms with van der Waals surface area (Å²) >= 11 is 0. The van der Waals surface area contributed by atoms with Gasteiger partial charge in [0.05, 0.1) is 0 Å². The van der Waals surface area contributed by atoms with Gasteiger partial charge < -0.3 is 10.1 Å². The van der Waals surface area contributed by atoms with Gasteiger partial charge in [-0.2, -0.15) is 0 Å². The lowest BCUT2D eigenvalue weighted by molar-refractivity contribution is 0.117. The summed E-state index contributed by atoms with van der Waals surface area (Å²) in [4.78, 5) is 4.46. The minimum atomic E-state index is 0.362. The quantitative estimate of drug-likeness (QED) is 0.818. The molecule has 0 saturated heterocycles. The number of hydrogen-bond acceptors (Lipinski definition) is 3. The molecule has 2 rings (SSSR count). The third-order valence-corrected chi connectivity index (χ3v) is 4.28. The Labute approximate surface area is 129 Å². The van der Waals surface area contributed by atoms with Crippen LogP contribution in [-0.4, -0.2) is 17.6 Å². The van der Waals surface area contributed by atoms with E-state index in [1.54, 1.807) is 0 Å². The molecule has 0 aliphatic heterocycles. The molecule has 3 nitrogen and oxygen atoms in total. The van der Waals surface area contributed by atoms with Crippen LogP contribution >= 0.6 is 0 Å². The topological polar surface area (TPSA) is 34.1 Å². The molecule has 1 aliphatic carbocycles. The number of nitrogens with zero attached hydrogens (tertiary/aromatic N) is 1. The predicted octanol–water partition coefficient (Wildman–Crippen LogP) is 4.17. The van der Waals surface area contributed by atoms with Crippen molar-refractivity contribution in [1.29, 1.82) is 0 Å². The Hall–Kier alpha value is -1.09. The number of nitrogens with one attached hydrogen (secondary N) is 1. The number of rotatable bonds is 7. The molecule has 0 aromatic carbocycles. The van der Waals surface area contributed by atoms with E-state index in [2.05, 4.69) is 37.1 Å². The zero-order valence-electron chi connectivity index (χ0n) is 13.8. The van der Waals surface area contributed by atoms with E-state index in [1.165, 1.54) is 37.7 Å². The van der Waals surface area contributed by atoms with E-state index in [4.69, 9.17) is 4.74 Å². The Bertz CT molecular complexity index is 402. The zero-order valence-corrected chi connectivity index (χ0v) is 13.8. The van der Waals surface area contributed by atoms with E-state index in [-0.39, 0.29) is 0 Å². The molecule has 0 radical (unpaired) electrons. The average Bonchev–Trinajstić information content (AvgIpc) is 2.49. The summed E-state index contributed by atoms with van der Waals surface area (Å²) < 4.78 is 6.05. The van der Waals surface area contributed by atoms with Gasteiger partial charge >= 0.3 is 0 Å². The van der Waals surface area contributed by atoms with Crippen molar-refractivity contribution in [2.24, 2.45) is 11.8 Å². The molecule has 1 saturated carbocycles. The summed E-state index contributed by atoms with van der Waals surface area (Å²) in [5, 5.41) is 3.43. The Morgan fingerprint density at radius 2 is 2.19 bits per heavy atom. The summed E-state index contributed by atoms with van der Waals surface area (Å²) in [5.74, 6) is 2.30. The Morgan fingerprint density at radius 3 is 2.86 bits per heavy atom. The molecular weight excluding hydrogens is 260 g/mol. The number of hydrogen-bond donors (Lipinski definition) is 1. The summed E-state index contributed by atoms with van der Waals surface area (Å²) in [7, 11) is 0. The van der Waals surface area contributed by atoms with E-state index in [1.807, 2.05) is 12.3 Å². The molecule has 1 heterocycles. The summed E-state index contributed by atoms with van der Waals surface area (Å²) in [6.45, 7) is 8.64. The SMILES string of the molecule is CCC1CCCC(Oc2ccc(CNCC(C)C)cn2)C1. The average molecular weight is 290 g/mol. The molecule has 3 heteroatoms. The van der Waals surface area contributed by atoms with Crippen LogP contribution in [0.2, 0.25) is 0 Å². The number of aromatic nitrogens is 1. The Kier molecular flexibility index (Phi) is 6.50. The standard InChI is InChI=1S/C18H30N2O/c1-4-15-6-5-7-17(10-15)21-18-9-8-16(13-20-18)12-19-11-14(2)3/h8-9,13-15,17,19H,4-7,10-12H2,1-3H3. The minimum absolute atomic E-state index is 0.362. The van der Waals surface area contributed by atoms with Crippen LogP contribution in [-0.2, 0) is 6.54 Å². The van der Waals surface area contributed by atoms with Gasteiger partial charge in [-0.3, -0.25) is 0 Å². The maximum Gasteiger partial charge on any atom is 0.213 e. The first-order valence-corrected chi connectivity index (χ1v) is 8.49. The van der Waals surface area contributed by atoms with Gasteiger partial charge in [-0.05, 0) is 43.2 Å². The first kappa shape index (κ1) is 16.3. The monoisotopic (exact) mass is 290 g/mol. The molecule has 1 aromatic heterocycles. The highest BCUT2D eigenvalue weighted by molar-refractivity contribution is 5.18. The second kappa shape index (κ2) is 8.38. The highest BCUT2D eigenvalue weighted by atomic mass is 16.5. The normalized spacial score (nSPS) is 22.5.